The van der Waals surface area contributed by atoms with Crippen LogP contribution in [0, 0.1) is 34.0 Å². The van der Waals surface area contributed by atoms with Crippen molar-refractivity contribution >= 4 is 17.7 Å². The van der Waals surface area contributed by atoms with Crippen molar-refractivity contribution < 1.29 is 38.1 Å². The van der Waals surface area contributed by atoms with Crippen molar-refractivity contribution in [2.24, 2.45) is 34.0 Å². The van der Waals surface area contributed by atoms with Crippen LogP contribution in [0.3, 0.4) is 0 Å². The van der Waals surface area contributed by atoms with Crippen molar-refractivity contribution in [1.29, 1.82) is 0 Å². The number of carbonyl (C=O) groups is 3. The summed E-state index contributed by atoms with van der Waals surface area (Å²) in [5, 5.41) is 12.1. The lowest BCUT2D eigenvalue weighted by Gasteiger charge is -2.62. The maximum atomic E-state index is 14.0. The molecule has 1 aromatic rings. The van der Waals surface area contributed by atoms with Gasteiger partial charge in [-0.15, -0.1) is 0 Å². The summed E-state index contributed by atoms with van der Waals surface area (Å²) in [5.74, 6) is -4.27. The molecule has 8 atom stereocenters. The zero-order valence-electron chi connectivity index (χ0n) is 20.8. The average Bonchev–Trinajstić information content (AvgIpc) is 3.42. The van der Waals surface area contributed by atoms with Crippen LogP contribution >= 0.6 is 0 Å². The molecule has 2 aliphatic heterocycles. The Bertz CT molecular complexity index is 1170. The van der Waals surface area contributed by atoms with E-state index in [0.717, 1.165) is 11.1 Å². The molecule has 35 heavy (non-hydrogen) atoms. The van der Waals surface area contributed by atoms with Crippen LogP contribution in [-0.4, -0.2) is 41.3 Å². The third-order valence-corrected chi connectivity index (χ3v) is 10.5. The highest BCUT2D eigenvalue weighted by molar-refractivity contribution is 5.93. The number of Topliss-reactive ketones (excluding diaryl/α,β-unsaturated/α-hetero) is 1. The number of ketones is 1. The second-order valence-electron chi connectivity index (χ2n) is 12.1. The molecule has 4 fully saturated rings. The molecule has 3 saturated carbocycles. The van der Waals surface area contributed by atoms with Crippen LogP contribution in [0.5, 0.6) is 0 Å². The van der Waals surface area contributed by atoms with E-state index in [1.807, 2.05) is 20.8 Å². The second kappa shape index (κ2) is 6.65. The van der Waals surface area contributed by atoms with Gasteiger partial charge in [-0.1, -0.05) is 27.7 Å². The van der Waals surface area contributed by atoms with Gasteiger partial charge in [0, 0.05) is 40.2 Å². The third kappa shape index (κ3) is 2.43. The predicted molar refractivity (Wildman–Crippen MR) is 120 cm³/mol. The monoisotopic (exact) mass is 484 g/mol. The first kappa shape index (κ1) is 23.0. The second-order valence-corrected chi connectivity index (χ2v) is 12.1. The van der Waals surface area contributed by atoms with Crippen molar-refractivity contribution in [2.75, 3.05) is 7.11 Å². The summed E-state index contributed by atoms with van der Waals surface area (Å²) in [6.45, 7) is 7.76. The van der Waals surface area contributed by atoms with Gasteiger partial charge in [-0.25, -0.2) is 4.79 Å². The van der Waals surface area contributed by atoms with E-state index in [-0.39, 0.29) is 18.1 Å². The summed E-state index contributed by atoms with van der Waals surface area (Å²) in [7, 11) is 1.33. The van der Waals surface area contributed by atoms with Crippen molar-refractivity contribution in [3.05, 3.63) is 35.8 Å². The number of furan rings is 1. The number of rotatable bonds is 3. The Balaban J connectivity index is 1.56. The van der Waals surface area contributed by atoms with Gasteiger partial charge in [0.25, 0.3) is 0 Å². The highest BCUT2D eigenvalue weighted by Crippen LogP contribution is 2.77. The van der Waals surface area contributed by atoms with Gasteiger partial charge in [0.05, 0.1) is 31.2 Å². The van der Waals surface area contributed by atoms with Gasteiger partial charge in [-0.05, 0) is 36.8 Å². The number of ether oxygens (including phenoxy) is 3. The molecule has 3 aliphatic carbocycles. The van der Waals surface area contributed by atoms with Crippen LogP contribution in [0.4, 0.5) is 0 Å². The van der Waals surface area contributed by atoms with E-state index in [1.54, 1.807) is 18.6 Å². The highest BCUT2D eigenvalue weighted by atomic mass is 16.7. The number of hydrogen-bond donors (Lipinski definition) is 1. The number of cyclic esters (lactones) is 1. The van der Waals surface area contributed by atoms with E-state index < -0.39 is 57.5 Å². The van der Waals surface area contributed by atoms with E-state index in [2.05, 4.69) is 6.92 Å². The highest BCUT2D eigenvalue weighted by Gasteiger charge is 2.83. The molecule has 1 aromatic heterocycles. The summed E-state index contributed by atoms with van der Waals surface area (Å²) >= 11 is 0. The van der Waals surface area contributed by atoms with Crippen LogP contribution in [-0.2, 0) is 28.6 Å². The maximum absolute atomic E-state index is 14.0. The van der Waals surface area contributed by atoms with Crippen LogP contribution in [0.25, 0.3) is 0 Å². The molecule has 1 spiro atoms. The fourth-order valence-corrected chi connectivity index (χ4v) is 8.82. The SMILES string of the molecule is COC(=O)C[C@H]1C(C)(C)C2(O)OC34CC2C(=O)[C@]1(C)C3CC[C@]1(C)C4=CC(=O)O[C@H]1c1ccoc1. The molecule has 8 heteroatoms. The lowest BCUT2D eigenvalue weighted by Crippen LogP contribution is -2.69. The zero-order chi connectivity index (χ0) is 25.2. The fraction of sp³-hybridized carbons (Fsp3) is 0.667. The Kier molecular flexibility index (Phi) is 4.37. The van der Waals surface area contributed by atoms with Crippen molar-refractivity contribution in [1.82, 2.24) is 0 Å². The molecule has 0 radical (unpaired) electrons. The fourth-order valence-electron chi connectivity index (χ4n) is 8.82. The third-order valence-electron chi connectivity index (χ3n) is 10.5. The van der Waals surface area contributed by atoms with Crippen molar-refractivity contribution in [3.8, 4) is 0 Å². The molecule has 6 rings (SSSR count). The quantitative estimate of drug-likeness (QED) is 0.649. The van der Waals surface area contributed by atoms with Gasteiger partial charge >= 0.3 is 11.9 Å². The van der Waals surface area contributed by atoms with Crippen LogP contribution in [0.15, 0.2) is 34.7 Å². The van der Waals surface area contributed by atoms with Crippen LogP contribution < -0.4 is 0 Å². The summed E-state index contributed by atoms with van der Waals surface area (Å²) in [6.07, 6.45) is 5.69. The summed E-state index contributed by atoms with van der Waals surface area (Å²) < 4.78 is 22.9. The number of carbonyl (C=O) groups excluding carboxylic acids is 3. The minimum atomic E-state index is -1.78. The average molecular weight is 485 g/mol. The van der Waals surface area contributed by atoms with Gasteiger partial charge in [-0.3, -0.25) is 9.59 Å². The summed E-state index contributed by atoms with van der Waals surface area (Å²) in [5.41, 5.74) is -1.92. The number of hydrogen-bond acceptors (Lipinski definition) is 8. The van der Waals surface area contributed by atoms with Gasteiger partial charge < -0.3 is 23.7 Å². The lowest BCUT2D eigenvalue weighted by molar-refractivity contribution is -0.297. The summed E-state index contributed by atoms with van der Waals surface area (Å²) in [6, 6.07) is 1.80. The molecule has 0 amide bonds. The normalized spacial score (nSPS) is 47.0. The molecular weight excluding hydrogens is 452 g/mol. The van der Waals surface area contributed by atoms with E-state index in [0.29, 0.717) is 19.3 Å². The summed E-state index contributed by atoms with van der Waals surface area (Å²) in [4.78, 5) is 39.5. The Labute approximate surface area is 204 Å². The van der Waals surface area contributed by atoms with Crippen LogP contribution in [0.2, 0.25) is 0 Å². The first-order valence-corrected chi connectivity index (χ1v) is 12.4. The molecular formula is C27H32O8. The van der Waals surface area contributed by atoms with Gasteiger partial charge in [0.1, 0.15) is 11.9 Å². The van der Waals surface area contributed by atoms with Gasteiger partial charge in [-0.2, -0.15) is 0 Å². The Morgan fingerprint density at radius 1 is 1.23 bits per heavy atom. The molecule has 1 saturated heterocycles. The number of fused-ring (bicyclic) bond motifs is 3. The Hall–Kier alpha value is -2.45. The minimum Gasteiger partial charge on any atom is -0.472 e. The standard InChI is InChI=1S/C27H32O8/c1-23(2)17(10-19(28)32-5)25(4)16-6-8-24(3)18(11-20(29)34-22(24)14-7-9-33-13-14)26(16)12-15(21(25)30)27(23,31)35-26/h7,9,11,13,15-17,22,31H,6,8,10,12H2,1-5H3/t15?,16?,17-,22-,24+,25+,26?,27?/m0/s1. The molecule has 0 aromatic carbocycles. The number of aliphatic hydroxyl groups is 1. The predicted octanol–water partition coefficient (Wildman–Crippen LogP) is 3.49. The lowest BCUT2D eigenvalue weighted by atomic mass is 9.38. The van der Waals surface area contributed by atoms with E-state index >= 15 is 0 Å². The molecule has 1 N–H and O–H groups in total. The van der Waals surface area contributed by atoms with Gasteiger partial charge in [0.15, 0.2) is 5.79 Å². The van der Waals surface area contributed by atoms with Crippen molar-refractivity contribution in [2.45, 2.75) is 70.9 Å². The molecule has 8 nitrogen and oxygen atoms in total. The molecule has 3 heterocycles. The van der Waals surface area contributed by atoms with Crippen LogP contribution in [0.1, 0.15) is 65.0 Å². The van der Waals surface area contributed by atoms with E-state index in [1.165, 1.54) is 13.2 Å². The zero-order valence-corrected chi connectivity index (χ0v) is 20.8. The van der Waals surface area contributed by atoms with Gasteiger partial charge in [0.2, 0.25) is 0 Å². The maximum Gasteiger partial charge on any atom is 0.331 e. The van der Waals surface area contributed by atoms with Crippen molar-refractivity contribution in [3.63, 3.8) is 0 Å². The minimum absolute atomic E-state index is 0.00666. The smallest absolute Gasteiger partial charge is 0.331 e. The topological polar surface area (TPSA) is 112 Å². The largest absolute Gasteiger partial charge is 0.472 e. The van der Waals surface area contributed by atoms with E-state index in [9.17, 15) is 19.5 Å². The number of esters is 2. The molecule has 4 unspecified atom stereocenters. The first-order valence-electron chi connectivity index (χ1n) is 12.4. The Morgan fingerprint density at radius 3 is 2.63 bits per heavy atom. The molecule has 5 aliphatic rings. The van der Waals surface area contributed by atoms with E-state index in [4.69, 9.17) is 18.6 Å². The Morgan fingerprint density at radius 2 is 1.97 bits per heavy atom. The molecule has 3 bridgehead atoms. The number of methoxy groups -OCH3 is 1. The first-order chi connectivity index (χ1) is 16.4. The molecule has 188 valence electrons.